The van der Waals surface area contributed by atoms with Gasteiger partial charge < -0.3 is 9.84 Å². The van der Waals surface area contributed by atoms with Crippen LogP contribution in [0.15, 0.2) is 24.3 Å². The van der Waals surface area contributed by atoms with Crippen LogP contribution in [0.4, 0.5) is 0 Å². The Labute approximate surface area is 108 Å². The third kappa shape index (κ3) is 2.58. The molecule has 0 aliphatic carbocycles. The van der Waals surface area contributed by atoms with Crippen LogP contribution in [0.3, 0.4) is 0 Å². The Balaban J connectivity index is 1.59. The second-order valence-corrected chi connectivity index (χ2v) is 5.44. The van der Waals surface area contributed by atoms with Crippen LogP contribution in [0.25, 0.3) is 0 Å². The van der Waals surface area contributed by atoms with Crippen LogP contribution < -0.4 is 0 Å². The van der Waals surface area contributed by atoms with E-state index in [1.54, 1.807) is 0 Å². The lowest BCUT2D eigenvalue weighted by Crippen LogP contribution is -2.39. The average Bonchev–Trinajstić information content (AvgIpc) is 2.92. The molecule has 1 aromatic rings. The summed E-state index contributed by atoms with van der Waals surface area (Å²) in [6, 6.07) is 8.63. The van der Waals surface area contributed by atoms with Gasteiger partial charge in [0.2, 0.25) is 0 Å². The maximum Gasteiger partial charge on any atom is 0.0718 e. The number of fused-ring (bicyclic) bond motifs is 1. The van der Waals surface area contributed by atoms with E-state index in [1.165, 1.54) is 11.1 Å². The number of aliphatic hydroxyl groups excluding tert-OH is 1. The zero-order chi connectivity index (χ0) is 12.4. The quantitative estimate of drug-likeness (QED) is 0.877. The minimum absolute atomic E-state index is 0.238. The van der Waals surface area contributed by atoms with Gasteiger partial charge in [0.1, 0.15) is 0 Å². The lowest BCUT2D eigenvalue weighted by Gasteiger charge is -2.31. The fourth-order valence-electron chi connectivity index (χ4n) is 2.98. The van der Waals surface area contributed by atoms with Gasteiger partial charge in [-0.15, -0.1) is 0 Å². The van der Waals surface area contributed by atoms with Crippen LogP contribution in [0.2, 0.25) is 0 Å². The first kappa shape index (κ1) is 12.2. The molecule has 0 amide bonds. The molecule has 98 valence electrons. The minimum atomic E-state index is -0.238. The van der Waals surface area contributed by atoms with Gasteiger partial charge in [-0.3, -0.25) is 4.90 Å². The number of benzene rings is 1. The van der Waals surface area contributed by atoms with Crippen molar-refractivity contribution in [3.63, 3.8) is 0 Å². The third-order valence-corrected chi connectivity index (χ3v) is 4.16. The first-order valence-corrected chi connectivity index (χ1v) is 6.88. The number of nitrogens with zero attached hydrogens (tertiary/aromatic N) is 1. The molecule has 3 nitrogen and oxygen atoms in total. The number of aliphatic hydroxyl groups is 1. The Morgan fingerprint density at radius 1 is 1.33 bits per heavy atom. The van der Waals surface area contributed by atoms with Gasteiger partial charge in [-0.05, 0) is 24.0 Å². The molecule has 1 aromatic carbocycles. The Hall–Kier alpha value is -0.900. The van der Waals surface area contributed by atoms with Gasteiger partial charge in [-0.25, -0.2) is 0 Å². The first-order valence-electron chi connectivity index (χ1n) is 6.88. The molecular formula is C15H21NO2. The van der Waals surface area contributed by atoms with E-state index in [2.05, 4.69) is 29.2 Å². The molecule has 2 aliphatic heterocycles. The Bertz CT molecular complexity index is 401. The highest BCUT2D eigenvalue weighted by molar-refractivity contribution is 5.29. The van der Waals surface area contributed by atoms with Gasteiger partial charge in [-0.2, -0.15) is 0 Å². The molecule has 1 saturated heterocycles. The van der Waals surface area contributed by atoms with Crippen molar-refractivity contribution < 1.29 is 9.84 Å². The number of β-amino-alcohol motifs (C(OH)–C–C–N with tert-alkyl or cyclic N) is 1. The predicted molar refractivity (Wildman–Crippen MR) is 70.4 cm³/mol. The predicted octanol–water partition coefficient (Wildman–Crippen LogP) is 1.44. The normalized spacial score (nSPS) is 25.9. The number of hydrogen-bond donors (Lipinski definition) is 1. The summed E-state index contributed by atoms with van der Waals surface area (Å²) in [5, 5.41) is 10.2. The van der Waals surface area contributed by atoms with Crippen molar-refractivity contribution in [1.29, 1.82) is 0 Å². The summed E-state index contributed by atoms with van der Waals surface area (Å²) in [6.45, 7) is 4.35. The van der Waals surface area contributed by atoms with Crippen LogP contribution in [0, 0.1) is 5.92 Å². The van der Waals surface area contributed by atoms with E-state index in [-0.39, 0.29) is 6.10 Å². The van der Waals surface area contributed by atoms with Gasteiger partial charge in [0.05, 0.1) is 12.7 Å². The van der Waals surface area contributed by atoms with Crippen molar-refractivity contribution in [2.75, 3.05) is 26.3 Å². The van der Waals surface area contributed by atoms with Crippen LogP contribution in [-0.4, -0.2) is 42.4 Å². The van der Waals surface area contributed by atoms with Crippen LogP contribution >= 0.6 is 0 Å². The molecule has 2 unspecified atom stereocenters. The zero-order valence-electron chi connectivity index (χ0n) is 10.7. The highest BCUT2D eigenvalue weighted by Crippen LogP contribution is 2.22. The molecule has 0 radical (unpaired) electrons. The van der Waals surface area contributed by atoms with Gasteiger partial charge in [-0.1, -0.05) is 24.3 Å². The maximum atomic E-state index is 10.2. The second kappa shape index (κ2) is 5.39. The lowest BCUT2D eigenvalue weighted by molar-refractivity contribution is 0.0517. The molecule has 0 bridgehead atoms. The zero-order valence-corrected chi connectivity index (χ0v) is 10.7. The Morgan fingerprint density at radius 2 is 2.17 bits per heavy atom. The summed E-state index contributed by atoms with van der Waals surface area (Å²) in [5.74, 6) is 0.335. The smallest absolute Gasteiger partial charge is 0.0718 e. The van der Waals surface area contributed by atoms with Crippen molar-refractivity contribution in [3.8, 4) is 0 Å². The highest BCUT2D eigenvalue weighted by atomic mass is 16.5. The van der Waals surface area contributed by atoms with E-state index < -0.39 is 0 Å². The minimum Gasteiger partial charge on any atom is -0.391 e. The van der Waals surface area contributed by atoms with Crippen molar-refractivity contribution >= 4 is 0 Å². The molecule has 2 heterocycles. The molecule has 1 N–H and O–H groups in total. The molecule has 0 aromatic heterocycles. The van der Waals surface area contributed by atoms with Gasteiger partial charge >= 0.3 is 0 Å². The molecule has 2 atom stereocenters. The largest absolute Gasteiger partial charge is 0.391 e. The standard InChI is InChI=1S/C15H21NO2/c17-15(14-6-8-18-11-14)10-16-7-5-12-3-1-2-4-13(12)9-16/h1-4,14-15,17H,5-11H2. The number of hydrogen-bond acceptors (Lipinski definition) is 3. The van der Waals surface area contributed by atoms with Gasteiger partial charge in [0.15, 0.2) is 0 Å². The van der Waals surface area contributed by atoms with Crippen molar-refractivity contribution in [1.82, 2.24) is 4.90 Å². The van der Waals surface area contributed by atoms with E-state index in [0.29, 0.717) is 5.92 Å². The molecular weight excluding hydrogens is 226 g/mol. The highest BCUT2D eigenvalue weighted by Gasteiger charge is 2.26. The fourth-order valence-corrected chi connectivity index (χ4v) is 2.98. The van der Waals surface area contributed by atoms with Crippen molar-refractivity contribution in [3.05, 3.63) is 35.4 Å². The van der Waals surface area contributed by atoms with Crippen LogP contribution in [0.5, 0.6) is 0 Å². The van der Waals surface area contributed by atoms with Crippen molar-refractivity contribution in [2.45, 2.75) is 25.5 Å². The molecule has 3 heteroatoms. The summed E-state index contributed by atoms with van der Waals surface area (Å²) >= 11 is 0. The van der Waals surface area contributed by atoms with E-state index >= 15 is 0 Å². The van der Waals surface area contributed by atoms with Gasteiger partial charge in [0, 0.05) is 32.2 Å². The number of ether oxygens (including phenoxy) is 1. The van der Waals surface area contributed by atoms with Crippen molar-refractivity contribution in [2.24, 2.45) is 5.92 Å². The van der Waals surface area contributed by atoms with E-state index in [9.17, 15) is 5.11 Å². The fraction of sp³-hybridized carbons (Fsp3) is 0.600. The third-order valence-electron chi connectivity index (χ3n) is 4.16. The van der Waals surface area contributed by atoms with Gasteiger partial charge in [0.25, 0.3) is 0 Å². The first-order chi connectivity index (χ1) is 8.83. The maximum absolute atomic E-state index is 10.2. The topological polar surface area (TPSA) is 32.7 Å². The van der Waals surface area contributed by atoms with Crippen LogP contribution in [0.1, 0.15) is 17.5 Å². The van der Waals surface area contributed by atoms with Crippen LogP contribution in [-0.2, 0) is 17.7 Å². The molecule has 2 aliphatic rings. The molecule has 3 rings (SSSR count). The Morgan fingerprint density at radius 3 is 2.94 bits per heavy atom. The molecule has 18 heavy (non-hydrogen) atoms. The lowest BCUT2D eigenvalue weighted by atomic mass is 9.97. The summed E-state index contributed by atoms with van der Waals surface area (Å²) in [4.78, 5) is 2.37. The van der Waals surface area contributed by atoms with E-state index in [4.69, 9.17) is 4.74 Å². The molecule has 1 fully saturated rings. The average molecular weight is 247 g/mol. The summed E-state index contributed by atoms with van der Waals surface area (Å²) in [7, 11) is 0. The summed E-state index contributed by atoms with van der Waals surface area (Å²) in [5.41, 5.74) is 2.88. The monoisotopic (exact) mass is 247 g/mol. The summed E-state index contributed by atoms with van der Waals surface area (Å²) < 4.78 is 5.35. The Kier molecular flexibility index (Phi) is 3.64. The second-order valence-electron chi connectivity index (χ2n) is 5.44. The molecule has 0 spiro atoms. The number of rotatable bonds is 3. The SMILES string of the molecule is OC(CN1CCc2ccccc2C1)C1CCOC1. The van der Waals surface area contributed by atoms with E-state index in [1.807, 2.05) is 0 Å². The molecule has 0 saturated carbocycles. The summed E-state index contributed by atoms with van der Waals surface area (Å²) in [6.07, 6.45) is 1.87. The van der Waals surface area contributed by atoms with E-state index in [0.717, 1.165) is 45.7 Å².